The summed E-state index contributed by atoms with van der Waals surface area (Å²) in [7, 11) is 3.70. The van der Waals surface area contributed by atoms with E-state index in [9.17, 15) is 24.0 Å². The number of nitrogens with zero attached hydrogens (tertiary/aromatic N) is 4. The van der Waals surface area contributed by atoms with Gasteiger partial charge in [0.15, 0.2) is 17.3 Å². The van der Waals surface area contributed by atoms with Gasteiger partial charge in [0.25, 0.3) is 11.1 Å². The quantitative estimate of drug-likeness (QED) is 0.0109. The van der Waals surface area contributed by atoms with Crippen molar-refractivity contribution < 1.29 is 33.3 Å². The summed E-state index contributed by atoms with van der Waals surface area (Å²) in [5.41, 5.74) is 31.1. The molecule has 26 heteroatoms. The van der Waals surface area contributed by atoms with E-state index >= 15 is 0 Å². The maximum absolute atomic E-state index is 11.7. The molecule has 3 aromatic carbocycles. The van der Waals surface area contributed by atoms with Gasteiger partial charge in [-0.1, -0.05) is 18.2 Å². The number of hydrogen-bond acceptors (Lipinski definition) is 20. The van der Waals surface area contributed by atoms with E-state index < -0.39 is 23.5 Å². The number of nitrogens with two attached hydrogens (primary N) is 8. The predicted molar refractivity (Wildman–Crippen MR) is 236 cm³/mol. The number of aromatic nitrogens is 4. The van der Waals surface area contributed by atoms with Crippen LogP contribution in [0.2, 0.25) is 0 Å². The van der Waals surface area contributed by atoms with E-state index in [1.807, 2.05) is 13.8 Å². The second-order valence-electron chi connectivity index (χ2n) is 10.1. The molecule has 0 aliphatic heterocycles. The van der Waals surface area contributed by atoms with Gasteiger partial charge in [-0.05, 0) is 61.8 Å². The summed E-state index contributed by atoms with van der Waals surface area (Å²) in [6.07, 6.45) is 2.40. The monoisotopic (exact) mass is 893 g/mol. The molecule has 0 spiro atoms. The highest BCUT2D eigenvalue weighted by molar-refractivity contribution is 6.63. The number of nitriles is 1. The number of amidine groups is 1. The van der Waals surface area contributed by atoms with Gasteiger partial charge in [-0.2, -0.15) is 10.4 Å². The highest BCUT2D eigenvalue weighted by Crippen LogP contribution is 2.26. The molecule has 0 aliphatic carbocycles. The van der Waals surface area contributed by atoms with Gasteiger partial charge in [0.1, 0.15) is 0 Å². The topological polar surface area (TPSA) is 448 Å². The molecule has 2 aromatic heterocycles. The third kappa shape index (κ3) is 19.6. The summed E-state index contributed by atoms with van der Waals surface area (Å²) in [6, 6.07) is 14.3. The van der Waals surface area contributed by atoms with Crippen molar-refractivity contribution >= 4 is 98.4 Å². The van der Waals surface area contributed by atoms with Crippen molar-refractivity contribution in [3.8, 4) is 6.19 Å². The molecule has 332 valence electrons. The predicted octanol–water partition coefficient (Wildman–Crippen LogP) is 1.09. The number of nitrogen functional groups attached to an aromatic ring is 3. The number of nitrogens with one attached hydrogen (secondary N) is 3. The number of ether oxygens (including phenoxy) is 4. The number of aromatic amines is 2. The first-order chi connectivity index (χ1) is 28.5. The number of esters is 3. The summed E-state index contributed by atoms with van der Waals surface area (Å²) in [4.78, 5) is 67.4. The van der Waals surface area contributed by atoms with Gasteiger partial charge in [-0.15, -0.1) is 12.4 Å². The number of carbonyl (C=O) groups is 3. The fourth-order valence-corrected chi connectivity index (χ4v) is 4.29. The summed E-state index contributed by atoms with van der Waals surface area (Å²) < 4.78 is 18.5. The van der Waals surface area contributed by atoms with Crippen LogP contribution in [-0.4, -0.2) is 84.2 Å². The Morgan fingerprint density at radius 1 is 0.869 bits per heavy atom. The number of anilines is 3. The van der Waals surface area contributed by atoms with E-state index in [1.54, 1.807) is 36.4 Å². The minimum absolute atomic E-state index is 0. The number of benzene rings is 3. The molecule has 61 heavy (non-hydrogen) atoms. The summed E-state index contributed by atoms with van der Waals surface area (Å²) >= 11 is 4.64. The fraction of sp³-hybridized carbons (Fsp3) is 0.200. The molecule has 19 N–H and O–H groups in total. The smallest absolute Gasteiger partial charge is 0.340 e. The van der Waals surface area contributed by atoms with Crippen LogP contribution >= 0.6 is 24.0 Å². The molecule has 0 aliphatic rings. The largest absolute Gasteiger partial charge is 0.465 e. The van der Waals surface area contributed by atoms with Crippen LogP contribution in [0.4, 0.5) is 23.1 Å². The van der Waals surface area contributed by atoms with Gasteiger partial charge in [0, 0.05) is 18.9 Å². The molecule has 0 bridgehead atoms. The summed E-state index contributed by atoms with van der Waals surface area (Å²) in [5.74, 6) is 6.38. The lowest BCUT2D eigenvalue weighted by Crippen LogP contribution is -2.15. The van der Waals surface area contributed by atoms with Crippen molar-refractivity contribution in [2.24, 2.45) is 33.9 Å². The molecule has 0 amide bonds. The Hall–Kier alpha value is -7.56. The number of aliphatic imine (C=N–C) groups is 1. The SMILES string of the molecule is CCOCC.COC(=O)c1cccc(N)c1C(=O)OC.COC(=O)c1cccc2nc(N)[nH]c(=O)c12.Cl.N#CN.N=C(N)Cl.NC=Nc1cccc2c(=O)[nH]nc(N)c12.NN. The number of hydrazine groups is 1. The molecule has 0 saturated carbocycles. The van der Waals surface area contributed by atoms with Gasteiger partial charge >= 0.3 is 17.9 Å². The highest BCUT2D eigenvalue weighted by atomic mass is 35.5. The van der Waals surface area contributed by atoms with Gasteiger partial charge in [0.2, 0.25) is 5.95 Å². The molecule has 2 heterocycles. The minimum atomic E-state index is -0.659. The maximum Gasteiger partial charge on any atom is 0.340 e. The number of halogens is 2. The lowest BCUT2D eigenvalue weighted by Gasteiger charge is -2.08. The van der Waals surface area contributed by atoms with Crippen LogP contribution in [0.25, 0.3) is 21.7 Å². The Labute approximate surface area is 359 Å². The van der Waals surface area contributed by atoms with Crippen molar-refractivity contribution in [3.05, 3.63) is 92.0 Å². The Balaban J connectivity index is -0.000000712. The zero-order valence-electron chi connectivity index (χ0n) is 33.6. The zero-order valence-corrected chi connectivity index (χ0v) is 35.1. The average molecular weight is 895 g/mol. The van der Waals surface area contributed by atoms with Gasteiger partial charge in [0.05, 0.1) is 71.7 Å². The van der Waals surface area contributed by atoms with Crippen LogP contribution in [0, 0.1) is 16.9 Å². The number of rotatable bonds is 6. The first kappa shape index (κ1) is 57.8. The van der Waals surface area contributed by atoms with E-state index in [0.29, 0.717) is 22.0 Å². The number of fused-ring (bicyclic) bond motifs is 2. The molecule has 0 saturated heterocycles. The molecule has 5 aromatic rings. The molecule has 0 unspecified atom stereocenters. The molecule has 0 fully saturated rings. The summed E-state index contributed by atoms with van der Waals surface area (Å²) in [5, 5.41) is 19.9. The minimum Gasteiger partial charge on any atom is -0.465 e. The Kier molecular flexibility index (Phi) is 30.7. The van der Waals surface area contributed by atoms with Crippen LogP contribution in [0.15, 0.2) is 69.2 Å². The molecule has 24 nitrogen and oxygen atoms in total. The molecular weight excluding hydrogens is 845 g/mol. The first-order valence-electron chi connectivity index (χ1n) is 16.5. The van der Waals surface area contributed by atoms with Crippen molar-refractivity contribution in [2.75, 3.05) is 51.7 Å². The van der Waals surface area contributed by atoms with Crippen LogP contribution in [0.3, 0.4) is 0 Å². The Morgan fingerprint density at radius 3 is 1.85 bits per heavy atom. The molecule has 0 atom stereocenters. The van der Waals surface area contributed by atoms with Crippen LogP contribution in [-0.2, 0) is 18.9 Å². The zero-order chi connectivity index (χ0) is 46.4. The second-order valence-corrected chi connectivity index (χ2v) is 10.5. The molecular formula is C35H49Cl2N15O9. The fourth-order valence-electron chi connectivity index (χ4n) is 4.29. The van der Waals surface area contributed by atoms with Crippen molar-refractivity contribution in [2.45, 2.75) is 13.8 Å². The molecule has 0 radical (unpaired) electrons. The third-order valence-corrected chi connectivity index (χ3v) is 6.49. The summed E-state index contributed by atoms with van der Waals surface area (Å²) in [6.45, 7) is 5.67. The lowest BCUT2D eigenvalue weighted by atomic mass is 10.1. The van der Waals surface area contributed by atoms with Crippen molar-refractivity contribution in [3.63, 3.8) is 0 Å². The molecule has 5 rings (SSSR count). The normalized spacial score (nSPS) is 9.10. The van der Waals surface area contributed by atoms with Crippen molar-refractivity contribution in [1.29, 1.82) is 10.7 Å². The third-order valence-electron chi connectivity index (χ3n) is 6.49. The Bertz CT molecular complexity index is 2350. The second kappa shape index (κ2) is 32.4. The average Bonchev–Trinajstić information content (AvgIpc) is 3.23. The standard InChI is InChI=1S/C10H9N3O3.C10H11NO4.C9H9N5O.C4H10O.CH3ClN2.CH2N2.ClH.H4N2/c1-16-9(15)5-3-2-4-6-7(5)8(14)13-10(11)12-6;1-14-9(12)6-4-3-5-7(11)8(6)10(13)15-2;10-4-12-6-3-1-2-5-7(6)8(11)13-14-9(5)15;1-3-5-4-2;2-1(3)4;2-1-3;;1-2/h2-4H,1H3,(H3,11,12,13,14);3-5H,11H2,1-2H3;1-4H,(H2,10,12)(H2,11,13)(H,14,15);3-4H2,1-2H3;(H3,3,4);2H2;1H;1-2H2. The van der Waals surface area contributed by atoms with Gasteiger partial charge in [-0.25, -0.2) is 29.5 Å². The number of carbonyl (C=O) groups excluding carboxylic acids is 3. The first-order valence-corrected chi connectivity index (χ1v) is 16.9. The highest BCUT2D eigenvalue weighted by Gasteiger charge is 2.20. The number of methoxy groups -OCH3 is 3. The van der Waals surface area contributed by atoms with Gasteiger partial charge in [-0.3, -0.25) is 31.7 Å². The number of hydrogen-bond donors (Lipinski definition) is 11. The van der Waals surface area contributed by atoms with E-state index in [-0.39, 0.29) is 62.8 Å². The Morgan fingerprint density at radius 2 is 1.36 bits per heavy atom. The van der Waals surface area contributed by atoms with Crippen LogP contribution < -0.4 is 57.2 Å². The van der Waals surface area contributed by atoms with Crippen molar-refractivity contribution in [1.82, 2.24) is 20.2 Å². The van der Waals surface area contributed by atoms with Crippen LogP contribution in [0.5, 0.6) is 0 Å². The number of H-pyrrole nitrogens is 2. The van der Waals surface area contributed by atoms with Crippen LogP contribution in [0.1, 0.15) is 44.9 Å². The van der Waals surface area contributed by atoms with E-state index in [1.165, 1.54) is 45.7 Å². The van der Waals surface area contributed by atoms with E-state index in [0.717, 1.165) is 19.6 Å². The van der Waals surface area contributed by atoms with E-state index in [4.69, 9.17) is 38.3 Å². The van der Waals surface area contributed by atoms with E-state index in [2.05, 4.69) is 74.1 Å². The lowest BCUT2D eigenvalue weighted by molar-refractivity contribution is 0.0556. The maximum atomic E-state index is 11.7. The van der Waals surface area contributed by atoms with Gasteiger partial charge < -0.3 is 53.3 Å².